The predicted octanol–water partition coefficient (Wildman–Crippen LogP) is 1.19. The minimum Gasteiger partial charge on any atom is -0.394 e. The van der Waals surface area contributed by atoms with Crippen molar-refractivity contribution in [3.8, 4) is 0 Å². The number of rotatable bonds is 5. The Hall–Kier alpha value is -1.04. The zero-order valence-electron chi connectivity index (χ0n) is 10.4. The molecule has 2 rings (SSSR count). The van der Waals surface area contributed by atoms with Crippen LogP contribution in [0, 0.1) is 5.82 Å². The standard InChI is InChI=1S/C13H19FN2O2/c14-12-7-11(8-15-9-12)10-16-3-1-13(2-4-16)18-6-5-17/h7-9,13,17H,1-6,10H2. The second kappa shape index (κ2) is 6.78. The van der Waals surface area contributed by atoms with Crippen molar-refractivity contribution >= 4 is 0 Å². The van der Waals surface area contributed by atoms with Crippen molar-refractivity contribution in [2.45, 2.75) is 25.5 Å². The summed E-state index contributed by atoms with van der Waals surface area (Å²) in [4.78, 5) is 6.12. The average Bonchev–Trinajstić information content (AvgIpc) is 2.38. The van der Waals surface area contributed by atoms with Crippen LogP contribution < -0.4 is 0 Å². The maximum atomic E-state index is 13.0. The highest BCUT2D eigenvalue weighted by atomic mass is 19.1. The van der Waals surface area contributed by atoms with E-state index in [0.29, 0.717) is 6.61 Å². The minimum absolute atomic E-state index is 0.0785. The quantitative estimate of drug-likeness (QED) is 0.857. The Kier molecular flexibility index (Phi) is 5.04. The van der Waals surface area contributed by atoms with Crippen LogP contribution in [0.15, 0.2) is 18.5 Å². The molecular formula is C13H19FN2O2. The number of hydrogen-bond donors (Lipinski definition) is 1. The summed E-state index contributed by atoms with van der Waals surface area (Å²) in [7, 11) is 0. The van der Waals surface area contributed by atoms with Crippen molar-refractivity contribution < 1.29 is 14.2 Å². The van der Waals surface area contributed by atoms with Gasteiger partial charge in [0.25, 0.3) is 0 Å². The van der Waals surface area contributed by atoms with Crippen LogP contribution in [0.2, 0.25) is 0 Å². The van der Waals surface area contributed by atoms with E-state index in [1.54, 1.807) is 6.20 Å². The molecule has 1 fully saturated rings. The zero-order valence-corrected chi connectivity index (χ0v) is 10.4. The Morgan fingerprint density at radius 1 is 1.39 bits per heavy atom. The molecule has 100 valence electrons. The van der Waals surface area contributed by atoms with Crippen molar-refractivity contribution in [1.82, 2.24) is 9.88 Å². The van der Waals surface area contributed by atoms with E-state index < -0.39 is 0 Å². The molecule has 1 aromatic heterocycles. The average molecular weight is 254 g/mol. The maximum absolute atomic E-state index is 13.0. The minimum atomic E-state index is -0.284. The summed E-state index contributed by atoms with van der Waals surface area (Å²) in [5.74, 6) is -0.284. The normalized spacial score (nSPS) is 18.1. The number of aromatic nitrogens is 1. The van der Waals surface area contributed by atoms with Crippen LogP contribution in [-0.2, 0) is 11.3 Å². The summed E-state index contributed by atoms with van der Waals surface area (Å²) in [6.07, 6.45) is 5.10. The van der Waals surface area contributed by atoms with Gasteiger partial charge < -0.3 is 9.84 Å². The van der Waals surface area contributed by atoms with Crippen molar-refractivity contribution in [2.75, 3.05) is 26.3 Å². The first kappa shape index (κ1) is 13.4. The largest absolute Gasteiger partial charge is 0.394 e. The van der Waals surface area contributed by atoms with Crippen molar-refractivity contribution in [3.05, 3.63) is 29.8 Å². The third kappa shape index (κ3) is 4.01. The highest BCUT2D eigenvalue weighted by Crippen LogP contribution is 2.16. The van der Waals surface area contributed by atoms with Gasteiger partial charge in [0, 0.05) is 25.8 Å². The molecule has 0 amide bonds. The van der Waals surface area contributed by atoms with E-state index in [-0.39, 0.29) is 18.5 Å². The second-order valence-electron chi connectivity index (χ2n) is 4.58. The van der Waals surface area contributed by atoms with Gasteiger partial charge in [-0.3, -0.25) is 9.88 Å². The number of aliphatic hydroxyl groups is 1. The summed E-state index contributed by atoms with van der Waals surface area (Å²) in [5, 5.41) is 8.69. The van der Waals surface area contributed by atoms with E-state index in [9.17, 15) is 4.39 Å². The number of hydrogen-bond acceptors (Lipinski definition) is 4. The van der Waals surface area contributed by atoms with E-state index in [1.165, 1.54) is 12.3 Å². The number of likely N-dealkylation sites (tertiary alicyclic amines) is 1. The number of aliphatic hydroxyl groups excluding tert-OH is 1. The lowest BCUT2D eigenvalue weighted by molar-refractivity contribution is -0.00903. The molecule has 1 saturated heterocycles. The smallest absolute Gasteiger partial charge is 0.141 e. The molecule has 0 bridgehead atoms. The van der Waals surface area contributed by atoms with Crippen LogP contribution in [0.5, 0.6) is 0 Å². The zero-order chi connectivity index (χ0) is 12.8. The van der Waals surface area contributed by atoms with Gasteiger partial charge in [-0.2, -0.15) is 0 Å². The number of pyridine rings is 1. The third-order valence-electron chi connectivity index (χ3n) is 3.15. The van der Waals surface area contributed by atoms with Gasteiger partial charge in [-0.25, -0.2) is 4.39 Å². The molecule has 0 aliphatic carbocycles. The van der Waals surface area contributed by atoms with Crippen molar-refractivity contribution in [3.63, 3.8) is 0 Å². The topological polar surface area (TPSA) is 45.6 Å². The Morgan fingerprint density at radius 3 is 2.83 bits per heavy atom. The highest BCUT2D eigenvalue weighted by Gasteiger charge is 2.19. The molecule has 2 heterocycles. The predicted molar refractivity (Wildman–Crippen MR) is 65.5 cm³/mol. The van der Waals surface area contributed by atoms with Crippen molar-refractivity contribution in [2.24, 2.45) is 0 Å². The van der Waals surface area contributed by atoms with Crippen LogP contribution in [0.1, 0.15) is 18.4 Å². The number of halogens is 1. The Bertz CT molecular complexity index is 368. The van der Waals surface area contributed by atoms with E-state index in [2.05, 4.69) is 9.88 Å². The summed E-state index contributed by atoms with van der Waals surface area (Å²) in [6.45, 7) is 3.10. The van der Waals surface area contributed by atoms with E-state index >= 15 is 0 Å². The van der Waals surface area contributed by atoms with Crippen LogP contribution in [0.4, 0.5) is 4.39 Å². The van der Waals surface area contributed by atoms with Crippen LogP contribution in [0.3, 0.4) is 0 Å². The lowest BCUT2D eigenvalue weighted by Gasteiger charge is -2.31. The lowest BCUT2D eigenvalue weighted by Crippen LogP contribution is -2.36. The first-order valence-corrected chi connectivity index (χ1v) is 6.32. The monoisotopic (exact) mass is 254 g/mol. The molecule has 0 saturated carbocycles. The highest BCUT2D eigenvalue weighted by molar-refractivity contribution is 5.10. The Morgan fingerprint density at radius 2 is 2.17 bits per heavy atom. The molecule has 1 aromatic rings. The molecule has 0 aromatic carbocycles. The first-order valence-electron chi connectivity index (χ1n) is 6.32. The number of nitrogens with zero attached hydrogens (tertiary/aromatic N) is 2. The first-order chi connectivity index (χ1) is 8.78. The van der Waals surface area contributed by atoms with Gasteiger partial charge in [0.15, 0.2) is 0 Å². The van der Waals surface area contributed by atoms with E-state index in [4.69, 9.17) is 9.84 Å². The fraction of sp³-hybridized carbons (Fsp3) is 0.615. The van der Waals surface area contributed by atoms with Gasteiger partial charge in [0.1, 0.15) is 5.82 Å². The molecule has 4 nitrogen and oxygen atoms in total. The SMILES string of the molecule is OCCOC1CCN(Cc2cncc(F)c2)CC1. The molecule has 0 spiro atoms. The summed E-state index contributed by atoms with van der Waals surface area (Å²) < 4.78 is 18.5. The second-order valence-corrected chi connectivity index (χ2v) is 4.58. The summed E-state index contributed by atoms with van der Waals surface area (Å²) in [6, 6.07) is 1.53. The summed E-state index contributed by atoms with van der Waals surface area (Å²) >= 11 is 0. The maximum Gasteiger partial charge on any atom is 0.141 e. The molecule has 0 atom stereocenters. The van der Waals surface area contributed by atoms with Crippen molar-refractivity contribution in [1.29, 1.82) is 0 Å². The molecular weight excluding hydrogens is 235 g/mol. The molecule has 0 unspecified atom stereocenters. The van der Waals surface area contributed by atoms with Crippen LogP contribution in [0.25, 0.3) is 0 Å². The fourth-order valence-electron chi connectivity index (χ4n) is 2.25. The molecule has 5 heteroatoms. The Balaban J connectivity index is 1.76. The summed E-state index contributed by atoms with van der Waals surface area (Å²) in [5.41, 5.74) is 0.907. The number of ether oxygens (including phenoxy) is 1. The van der Waals surface area contributed by atoms with Crippen LogP contribution in [-0.4, -0.2) is 47.4 Å². The van der Waals surface area contributed by atoms with E-state index in [0.717, 1.165) is 38.0 Å². The fourth-order valence-corrected chi connectivity index (χ4v) is 2.25. The van der Waals surface area contributed by atoms with Gasteiger partial charge in [-0.05, 0) is 24.5 Å². The molecule has 1 aliphatic heterocycles. The van der Waals surface area contributed by atoms with E-state index in [1.807, 2.05) is 0 Å². The molecule has 0 radical (unpaired) electrons. The van der Waals surface area contributed by atoms with Gasteiger partial charge in [-0.1, -0.05) is 0 Å². The van der Waals surface area contributed by atoms with Gasteiger partial charge in [-0.15, -0.1) is 0 Å². The molecule has 18 heavy (non-hydrogen) atoms. The van der Waals surface area contributed by atoms with Gasteiger partial charge in [0.05, 0.1) is 25.5 Å². The molecule has 1 N–H and O–H groups in total. The lowest BCUT2D eigenvalue weighted by atomic mass is 10.1. The van der Waals surface area contributed by atoms with Gasteiger partial charge >= 0.3 is 0 Å². The molecule has 1 aliphatic rings. The third-order valence-corrected chi connectivity index (χ3v) is 3.15. The van der Waals surface area contributed by atoms with Crippen LogP contribution >= 0.6 is 0 Å². The number of piperidine rings is 1. The van der Waals surface area contributed by atoms with Gasteiger partial charge in [0.2, 0.25) is 0 Å². The Labute approximate surface area is 106 Å².